The molecule has 1 saturated carbocycles. The third-order valence-corrected chi connectivity index (χ3v) is 5.90. The van der Waals surface area contributed by atoms with E-state index < -0.39 is 11.6 Å². The second-order valence-corrected chi connectivity index (χ2v) is 8.02. The zero-order valence-corrected chi connectivity index (χ0v) is 15.7. The maximum atomic E-state index is 13.2. The highest BCUT2D eigenvalue weighted by Gasteiger charge is 2.30. The fourth-order valence-electron chi connectivity index (χ4n) is 4.21. The molecular formula is C23H27F2NO. The molecule has 4 rings (SSSR count). The van der Waals surface area contributed by atoms with Crippen molar-refractivity contribution in [3.05, 3.63) is 70.8 Å². The largest absolute Gasteiger partial charge is 0.376 e. The van der Waals surface area contributed by atoms with E-state index in [0.29, 0.717) is 30.6 Å². The van der Waals surface area contributed by atoms with Crippen LogP contribution in [-0.2, 0) is 17.9 Å². The number of ether oxygens (including phenoxy) is 1. The van der Waals surface area contributed by atoms with Crippen LogP contribution in [0.1, 0.15) is 48.3 Å². The molecule has 2 aromatic carbocycles. The summed E-state index contributed by atoms with van der Waals surface area (Å²) in [6.45, 7) is 4.56. The van der Waals surface area contributed by atoms with Gasteiger partial charge in [0.1, 0.15) is 0 Å². The van der Waals surface area contributed by atoms with Crippen LogP contribution in [0.3, 0.4) is 0 Å². The Bertz CT molecular complexity index is 749. The van der Waals surface area contributed by atoms with E-state index in [1.165, 1.54) is 43.1 Å². The first-order chi connectivity index (χ1) is 13.2. The Kier molecular flexibility index (Phi) is 5.84. The summed E-state index contributed by atoms with van der Waals surface area (Å²) in [6, 6.07) is 13.1. The van der Waals surface area contributed by atoms with E-state index in [2.05, 4.69) is 29.2 Å². The van der Waals surface area contributed by atoms with Crippen LogP contribution >= 0.6 is 0 Å². The minimum absolute atomic E-state index is 0.337. The van der Waals surface area contributed by atoms with Crippen molar-refractivity contribution in [1.29, 1.82) is 0 Å². The summed E-state index contributed by atoms with van der Waals surface area (Å²) in [5.41, 5.74) is 3.52. The standard InChI is InChI=1S/C23H27F2NO/c24-22-8-5-18(13-23(22)25)15-27-16-19-11-21(12-19)20-6-3-17(4-7-20)14-26-9-1-2-10-26/h3-8,13,19,21H,1-2,9-12,14-16H2. The van der Waals surface area contributed by atoms with E-state index in [-0.39, 0.29) is 0 Å². The van der Waals surface area contributed by atoms with Crippen LogP contribution in [0.15, 0.2) is 42.5 Å². The molecule has 0 aromatic heterocycles. The Morgan fingerprint density at radius 3 is 2.30 bits per heavy atom. The Labute approximate surface area is 160 Å². The van der Waals surface area contributed by atoms with E-state index in [1.807, 2.05) is 0 Å². The first-order valence-corrected chi connectivity index (χ1v) is 10.0. The van der Waals surface area contributed by atoms with Crippen molar-refractivity contribution in [2.75, 3.05) is 19.7 Å². The van der Waals surface area contributed by atoms with Gasteiger partial charge in [0.25, 0.3) is 0 Å². The SMILES string of the molecule is Fc1ccc(COCC2CC(c3ccc(CN4CCCC4)cc3)C2)cc1F. The lowest BCUT2D eigenvalue weighted by molar-refractivity contribution is 0.0507. The lowest BCUT2D eigenvalue weighted by Crippen LogP contribution is -2.26. The molecule has 0 bridgehead atoms. The summed E-state index contributed by atoms with van der Waals surface area (Å²) in [6.07, 6.45) is 4.95. The number of halogens is 2. The van der Waals surface area contributed by atoms with E-state index in [4.69, 9.17) is 4.74 Å². The van der Waals surface area contributed by atoms with Gasteiger partial charge >= 0.3 is 0 Å². The van der Waals surface area contributed by atoms with Crippen LogP contribution in [0.4, 0.5) is 8.78 Å². The summed E-state index contributed by atoms with van der Waals surface area (Å²) in [7, 11) is 0. The molecule has 0 atom stereocenters. The lowest BCUT2D eigenvalue weighted by Gasteiger charge is -2.35. The molecule has 1 aliphatic carbocycles. The van der Waals surface area contributed by atoms with Crippen molar-refractivity contribution in [2.24, 2.45) is 5.92 Å². The van der Waals surface area contributed by atoms with Crippen molar-refractivity contribution in [3.63, 3.8) is 0 Å². The lowest BCUT2D eigenvalue weighted by atomic mass is 9.72. The van der Waals surface area contributed by atoms with E-state index in [1.54, 1.807) is 6.07 Å². The zero-order chi connectivity index (χ0) is 18.6. The smallest absolute Gasteiger partial charge is 0.159 e. The Hall–Kier alpha value is -1.78. The van der Waals surface area contributed by atoms with E-state index in [0.717, 1.165) is 25.5 Å². The van der Waals surface area contributed by atoms with Crippen LogP contribution in [0.25, 0.3) is 0 Å². The van der Waals surface area contributed by atoms with Gasteiger partial charge in [-0.05, 0) is 79.4 Å². The quantitative estimate of drug-likeness (QED) is 0.657. The average molecular weight is 371 g/mol. The average Bonchev–Trinajstić information content (AvgIpc) is 3.14. The summed E-state index contributed by atoms with van der Waals surface area (Å²) >= 11 is 0. The molecule has 0 radical (unpaired) electrons. The summed E-state index contributed by atoms with van der Waals surface area (Å²) in [4.78, 5) is 2.53. The topological polar surface area (TPSA) is 12.5 Å². The molecule has 0 spiro atoms. The first kappa shape index (κ1) is 18.6. The second-order valence-electron chi connectivity index (χ2n) is 8.02. The van der Waals surface area contributed by atoms with Crippen LogP contribution < -0.4 is 0 Å². The van der Waals surface area contributed by atoms with Gasteiger partial charge in [0.2, 0.25) is 0 Å². The van der Waals surface area contributed by atoms with Crippen molar-refractivity contribution in [2.45, 2.75) is 44.8 Å². The third kappa shape index (κ3) is 4.74. The van der Waals surface area contributed by atoms with E-state index in [9.17, 15) is 8.78 Å². The zero-order valence-electron chi connectivity index (χ0n) is 15.7. The number of benzene rings is 2. The molecule has 27 heavy (non-hydrogen) atoms. The summed E-state index contributed by atoms with van der Waals surface area (Å²) in [5, 5.41) is 0. The van der Waals surface area contributed by atoms with Crippen LogP contribution in [-0.4, -0.2) is 24.6 Å². The Balaban J connectivity index is 1.18. The van der Waals surface area contributed by atoms with Crippen molar-refractivity contribution < 1.29 is 13.5 Å². The number of likely N-dealkylation sites (tertiary alicyclic amines) is 1. The monoisotopic (exact) mass is 371 g/mol. The van der Waals surface area contributed by atoms with Crippen molar-refractivity contribution in [3.8, 4) is 0 Å². The molecule has 2 nitrogen and oxygen atoms in total. The maximum Gasteiger partial charge on any atom is 0.159 e. The van der Waals surface area contributed by atoms with E-state index >= 15 is 0 Å². The van der Waals surface area contributed by atoms with Gasteiger partial charge in [-0.25, -0.2) is 8.78 Å². The molecule has 2 aliphatic rings. The first-order valence-electron chi connectivity index (χ1n) is 10.0. The van der Waals surface area contributed by atoms with Gasteiger partial charge < -0.3 is 4.74 Å². The highest BCUT2D eigenvalue weighted by atomic mass is 19.2. The van der Waals surface area contributed by atoms with Crippen molar-refractivity contribution >= 4 is 0 Å². The molecule has 1 saturated heterocycles. The molecule has 0 unspecified atom stereocenters. The molecule has 0 N–H and O–H groups in total. The summed E-state index contributed by atoms with van der Waals surface area (Å²) in [5.74, 6) is -0.438. The van der Waals surface area contributed by atoms with Gasteiger partial charge in [-0.15, -0.1) is 0 Å². The molecule has 2 aromatic rings. The minimum Gasteiger partial charge on any atom is -0.376 e. The van der Waals surface area contributed by atoms with Gasteiger partial charge in [-0.1, -0.05) is 30.3 Å². The minimum atomic E-state index is -0.813. The van der Waals surface area contributed by atoms with Crippen LogP contribution in [0, 0.1) is 17.6 Å². The highest BCUT2D eigenvalue weighted by Crippen LogP contribution is 2.41. The number of hydrogen-bond donors (Lipinski definition) is 0. The molecule has 4 heteroatoms. The maximum absolute atomic E-state index is 13.2. The predicted molar refractivity (Wildman–Crippen MR) is 102 cm³/mol. The highest BCUT2D eigenvalue weighted by molar-refractivity contribution is 5.27. The fraction of sp³-hybridized carbons (Fsp3) is 0.478. The van der Waals surface area contributed by atoms with Gasteiger partial charge in [0.15, 0.2) is 11.6 Å². The number of hydrogen-bond acceptors (Lipinski definition) is 2. The fourth-order valence-corrected chi connectivity index (χ4v) is 4.21. The number of rotatable bonds is 7. The Morgan fingerprint density at radius 2 is 1.59 bits per heavy atom. The van der Waals surface area contributed by atoms with Crippen LogP contribution in [0.5, 0.6) is 0 Å². The molecule has 1 heterocycles. The Morgan fingerprint density at radius 1 is 0.889 bits per heavy atom. The van der Waals surface area contributed by atoms with Gasteiger partial charge in [-0.2, -0.15) is 0 Å². The summed E-state index contributed by atoms with van der Waals surface area (Å²) < 4.78 is 31.8. The molecule has 144 valence electrons. The molecular weight excluding hydrogens is 344 g/mol. The normalized spacial score (nSPS) is 22.7. The molecule has 1 aliphatic heterocycles. The molecule has 0 amide bonds. The van der Waals surface area contributed by atoms with Gasteiger partial charge in [-0.3, -0.25) is 4.90 Å². The second kappa shape index (κ2) is 8.49. The number of nitrogens with zero attached hydrogens (tertiary/aromatic N) is 1. The van der Waals surface area contributed by atoms with Gasteiger partial charge in [0, 0.05) is 13.2 Å². The van der Waals surface area contributed by atoms with Gasteiger partial charge in [0.05, 0.1) is 6.61 Å². The predicted octanol–water partition coefficient (Wildman–Crippen LogP) is 5.27. The third-order valence-electron chi connectivity index (χ3n) is 5.90. The van der Waals surface area contributed by atoms with Crippen LogP contribution in [0.2, 0.25) is 0 Å². The molecule has 2 fully saturated rings. The van der Waals surface area contributed by atoms with Crippen molar-refractivity contribution in [1.82, 2.24) is 4.90 Å².